The Morgan fingerprint density at radius 2 is 2.22 bits per heavy atom. The maximum absolute atomic E-state index is 12.6. The molecular formula is C20H22N4O3. The average molecular weight is 366 g/mol. The van der Waals surface area contributed by atoms with E-state index in [2.05, 4.69) is 10.1 Å². The van der Waals surface area contributed by atoms with E-state index in [9.17, 15) is 4.79 Å². The van der Waals surface area contributed by atoms with Crippen molar-refractivity contribution >= 4 is 5.91 Å². The monoisotopic (exact) mass is 366 g/mol. The van der Waals surface area contributed by atoms with E-state index >= 15 is 0 Å². The normalized spacial score (nSPS) is 16.7. The Hall–Kier alpha value is -3.09. The third kappa shape index (κ3) is 3.58. The number of aromatic nitrogens is 3. The molecule has 27 heavy (non-hydrogen) atoms. The standard InChI is InChI=1S/C20H22N4O3/c1-23-9-4-7-17(23)19-21-20(27-22-19)15-8-10-24(13-15)18(25)12-14-5-3-6-16(11-14)26-2/h3-7,9,11,15H,8,10,12-13H2,1-2H3. The largest absolute Gasteiger partial charge is 0.497 e. The van der Waals surface area contributed by atoms with Crippen molar-refractivity contribution in [2.75, 3.05) is 20.2 Å². The zero-order chi connectivity index (χ0) is 18.8. The Labute approximate surface area is 157 Å². The number of carbonyl (C=O) groups is 1. The zero-order valence-corrected chi connectivity index (χ0v) is 15.5. The van der Waals surface area contributed by atoms with Crippen LogP contribution < -0.4 is 4.74 Å². The van der Waals surface area contributed by atoms with Crippen molar-refractivity contribution in [2.24, 2.45) is 7.05 Å². The highest BCUT2D eigenvalue weighted by Crippen LogP contribution is 2.28. The molecule has 1 atom stereocenters. The molecule has 1 aromatic carbocycles. The van der Waals surface area contributed by atoms with Crippen LogP contribution in [0.4, 0.5) is 0 Å². The lowest BCUT2D eigenvalue weighted by Gasteiger charge is -2.16. The number of aryl methyl sites for hydroxylation is 1. The molecule has 7 nitrogen and oxygen atoms in total. The molecule has 7 heteroatoms. The van der Waals surface area contributed by atoms with E-state index in [1.165, 1.54) is 0 Å². The molecule has 140 valence electrons. The second-order valence-electron chi connectivity index (χ2n) is 6.81. The van der Waals surface area contributed by atoms with Gasteiger partial charge in [-0.05, 0) is 36.2 Å². The predicted molar refractivity (Wildman–Crippen MR) is 99.3 cm³/mol. The van der Waals surface area contributed by atoms with Crippen LogP contribution in [0.3, 0.4) is 0 Å². The first-order valence-corrected chi connectivity index (χ1v) is 9.00. The Morgan fingerprint density at radius 3 is 3.00 bits per heavy atom. The summed E-state index contributed by atoms with van der Waals surface area (Å²) < 4.78 is 12.7. The second-order valence-corrected chi connectivity index (χ2v) is 6.81. The van der Waals surface area contributed by atoms with Gasteiger partial charge in [0.2, 0.25) is 17.6 Å². The Balaban J connectivity index is 1.40. The first kappa shape index (κ1) is 17.3. The van der Waals surface area contributed by atoms with E-state index < -0.39 is 0 Å². The first-order chi connectivity index (χ1) is 13.1. The van der Waals surface area contributed by atoms with Gasteiger partial charge in [0.15, 0.2) is 0 Å². The molecule has 3 aromatic rings. The molecule has 4 rings (SSSR count). The van der Waals surface area contributed by atoms with Gasteiger partial charge in [0, 0.05) is 26.3 Å². The van der Waals surface area contributed by atoms with Gasteiger partial charge in [0.25, 0.3) is 0 Å². The maximum atomic E-state index is 12.6. The zero-order valence-electron chi connectivity index (χ0n) is 15.5. The van der Waals surface area contributed by atoms with Crippen LogP contribution in [0.5, 0.6) is 5.75 Å². The van der Waals surface area contributed by atoms with Gasteiger partial charge in [-0.2, -0.15) is 4.98 Å². The van der Waals surface area contributed by atoms with Crippen LogP contribution in [-0.2, 0) is 18.3 Å². The molecule has 1 aliphatic rings. The number of benzene rings is 1. The molecule has 0 saturated carbocycles. The fraction of sp³-hybridized carbons (Fsp3) is 0.350. The molecule has 1 aliphatic heterocycles. The van der Waals surface area contributed by atoms with Gasteiger partial charge in [-0.25, -0.2) is 0 Å². The Bertz CT molecular complexity index is 946. The summed E-state index contributed by atoms with van der Waals surface area (Å²) >= 11 is 0. The minimum absolute atomic E-state index is 0.0841. The van der Waals surface area contributed by atoms with E-state index in [4.69, 9.17) is 9.26 Å². The van der Waals surface area contributed by atoms with Crippen LogP contribution in [0.1, 0.15) is 23.8 Å². The van der Waals surface area contributed by atoms with Crippen molar-refractivity contribution in [3.05, 3.63) is 54.0 Å². The molecule has 1 unspecified atom stereocenters. The first-order valence-electron chi connectivity index (χ1n) is 9.00. The van der Waals surface area contributed by atoms with Crippen LogP contribution in [0, 0.1) is 0 Å². The highest BCUT2D eigenvalue weighted by Gasteiger charge is 2.31. The third-order valence-electron chi connectivity index (χ3n) is 4.99. The number of likely N-dealkylation sites (tertiary alicyclic amines) is 1. The molecule has 0 aliphatic carbocycles. The average Bonchev–Trinajstić information content (AvgIpc) is 3.41. The van der Waals surface area contributed by atoms with E-state index in [0.717, 1.165) is 23.4 Å². The van der Waals surface area contributed by atoms with Gasteiger partial charge >= 0.3 is 0 Å². The van der Waals surface area contributed by atoms with Crippen molar-refractivity contribution in [3.8, 4) is 17.3 Å². The van der Waals surface area contributed by atoms with E-state index in [1.54, 1.807) is 7.11 Å². The van der Waals surface area contributed by atoms with Crippen LogP contribution >= 0.6 is 0 Å². The van der Waals surface area contributed by atoms with Crippen LogP contribution in [0.15, 0.2) is 47.1 Å². The van der Waals surface area contributed by atoms with Crippen molar-refractivity contribution < 1.29 is 14.1 Å². The van der Waals surface area contributed by atoms with E-state index in [0.29, 0.717) is 31.2 Å². The molecule has 2 aromatic heterocycles. The number of rotatable bonds is 5. The molecular weight excluding hydrogens is 344 g/mol. The number of ether oxygens (including phenoxy) is 1. The Kier molecular flexibility index (Phi) is 4.66. The van der Waals surface area contributed by atoms with Crippen molar-refractivity contribution in [2.45, 2.75) is 18.8 Å². The van der Waals surface area contributed by atoms with Crippen molar-refractivity contribution in [3.63, 3.8) is 0 Å². The molecule has 0 radical (unpaired) electrons. The number of nitrogens with zero attached hydrogens (tertiary/aromatic N) is 4. The maximum Gasteiger partial charge on any atom is 0.231 e. The predicted octanol–water partition coefficient (Wildman–Crippen LogP) is 2.64. The summed E-state index contributed by atoms with van der Waals surface area (Å²) in [5, 5.41) is 4.10. The van der Waals surface area contributed by atoms with Crippen molar-refractivity contribution in [1.29, 1.82) is 0 Å². The lowest BCUT2D eigenvalue weighted by Crippen LogP contribution is -2.29. The number of hydrogen-bond donors (Lipinski definition) is 0. The summed E-state index contributed by atoms with van der Waals surface area (Å²) in [6.07, 6.45) is 3.14. The fourth-order valence-corrected chi connectivity index (χ4v) is 3.46. The van der Waals surface area contributed by atoms with Crippen LogP contribution in [0.25, 0.3) is 11.5 Å². The lowest BCUT2D eigenvalue weighted by molar-refractivity contribution is -0.129. The van der Waals surface area contributed by atoms with Gasteiger partial charge in [-0.3, -0.25) is 4.79 Å². The van der Waals surface area contributed by atoms with Gasteiger partial charge in [0.05, 0.1) is 25.1 Å². The number of carbonyl (C=O) groups excluding carboxylic acids is 1. The molecule has 0 spiro atoms. The summed E-state index contributed by atoms with van der Waals surface area (Å²) in [5.74, 6) is 2.13. The number of methoxy groups -OCH3 is 1. The molecule has 0 N–H and O–H groups in total. The SMILES string of the molecule is COc1cccc(CC(=O)N2CCC(c3nc(-c4cccn4C)no3)C2)c1. The smallest absolute Gasteiger partial charge is 0.231 e. The second kappa shape index (κ2) is 7.26. The van der Waals surface area contributed by atoms with Gasteiger partial charge in [-0.1, -0.05) is 17.3 Å². The summed E-state index contributed by atoms with van der Waals surface area (Å²) in [5.41, 5.74) is 1.86. The fourth-order valence-electron chi connectivity index (χ4n) is 3.46. The van der Waals surface area contributed by atoms with E-state index in [1.807, 2.05) is 59.1 Å². The summed E-state index contributed by atoms with van der Waals surface area (Å²) in [6, 6.07) is 11.5. The molecule has 1 amide bonds. The summed E-state index contributed by atoms with van der Waals surface area (Å²) in [7, 11) is 3.57. The molecule has 1 fully saturated rings. The molecule has 0 bridgehead atoms. The number of hydrogen-bond acceptors (Lipinski definition) is 5. The van der Waals surface area contributed by atoms with Gasteiger partial charge < -0.3 is 18.7 Å². The number of amides is 1. The van der Waals surface area contributed by atoms with Crippen LogP contribution in [0.2, 0.25) is 0 Å². The molecule has 1 saturated heterocycles. The van der Waals surface area contributed by atoms with Crippen molar-refractivity contribution in [1.82, 2.24) is 19.6 Å². The minimum Gasteiger partial charge on any atom is -0.497 e. The highest BCUT2D eigenvalue weighted by atomic mass is 16.5. The Morgan fingerprint density at radius 1 is 1.33 bits per heavy atom. The third-order valence-corrected chi connectivity index (χ3v) is 4.99. The quantitative estimate of drug-likeness (QED) is 0.694. The van der Waals surface area contributed by atoms with Crippen LogP contribution in [-0.4, -0.2) is 45.7 Å². The minimum atomic E-state index is 0.0841. The summed E-state index contributed by atoms with van der Waals surface area (Å²) in [4.78, 5) is 19.1. The lowest BCUT2D eigenvalue weighted by atomic mass is 10.1. The van der Waals surface area contributed by atoms with Gasteiger partial charge in [0.1, 0.15) is 5.75 Å². The molecule has 3 heterocycles. The summed E-state index contributed by atoms with van der Waals surface area (Å²) in [6.45, 7) is 1.31. The highest BCUT2D eigenvalue weighted by molar-refractivity contribution is 5.79. The van der Waals surface area contributed by atoms with E-state index in [-0.39, 0.29) is 11.8 Å². The topological polar surface area (TPSA) is 73.4 Å². The van der Waals surface area contributed by atoms with Gasteiger partial charge in [-0.15, -0.1) is 0 Å².